The van der Waals surface area contributed by atoms with Crippen LogP contribution in [0.3, 0.4) is 0 Å². The Bertz CT molecular complexity index is 840. The number of halogens is 2. The topological polar surface area (TPSA) is 67.9 Å². The number of benzene rings is 2. The van der Waals surface area contributed by atoms with Crippen molar-refractivity contribution in [3.05, 3.63) is 59.2 Å². The van der Waals surface area contributed by atoms with Crippen LogP contribution in [0, 0.1) is 11.6 Å². The molecule has 144 valence electrons. The van der Waals surface area contributed by atoms with Gasteiger partial charge in [0.25, 0.3) is 11.8 Å². The third kappa shape index (κ3) is 5.40. The normalized spacial score (nSPS) is 10.3. The Labute approximate surface area is 155 Å². The number of carbonyl (C=O) groups excluding carboxylic acids is 2. The van der Waals surface area contributed by atoms with Crippen molar-refractivity contribution in [3.63, 3.8) is 0 Å². The smallest absolute Gasteiger partial charge is 0.259 e. The molecular formula is C19H20F2N2O4. The molecule has 0 saturated heterocycles. The number of rotatable bonds is 7. The van der Waals surface area contributed by atoms with Crippen LogP contribution in [-0.2, 0) is 11.3 Å². The zero-order valence-electron chi connectivity index (χ0n) is 15.2. The van der Waals surface area contributed by atoms with Crippen LogP contribution in [0.25, 0.3) is 0 Å². The fourth-order valence-corrected chi connectivity index (χ4v) is 2.16. The highest BCUT2D eigenvalue weighted by Crippen LogP contribution is 2.28. The summed E-state index contributed by atoms with van der Waals surface area (Å²) in [5, 5.41) is 2.55. The van der Waals surface area contributed by atoms with E-state index in [0.29, 0.717) is 23.1 Å². The molecule has 6 nitrogen and oxygen atoms in total. The van der Waals surface area contributed by atoms with E-state index in [0.717, 1.165) is 12.1 Å². The van der Waals surface area contributed by atoms with Gasteiger partial charge in [-0.05, 0) is 29.8 Å². The SMILES string of the molecule is COc1cc(CNC(=O)c2ccc(F)cc2F)ccc1OCC(=O)N(C)C. The molecule has 2 aromatic rings. The number of amides is 2. The first-order valence-corrected chi connectivity index (χ1v) is 8.05. The van der Waals surface area contributed by atoms with Crippen LogP contribution in [0.15, 0.2) is 36.4 Å². The van der Waals surface area contributed by atoms with Crippen LogP contribution in [0.4, 0.5) is 8.78 Å². The zero-order chi connectivity index (χ0) is 20.0. The average molecular weight is 378 g/mol. The van der Waals surface area contributed by atoms with Gasteiger partial charge in [-0.2, -0.15) is 0 Å². The molecule has 1 N–H and O–H groups in total. The van der Waals surface area contributed by atoms with Crippen LogP contribution in [0.1, 0.15) is 15.9 Å². The summed E-state index contributed by atoms with van der Waals surface area (Å²) in [5.41, 5.74) is 0.430. The van der Waals surface area contributed by atoms with E-state index in [-0.39, 0.29) is 24.6 Å². The van der Waals surface area contributed by atoms with Crippen molar-refractivity contribution >= 4 is 11.8 Å². The largest absolute Gasteiger partial charge is 0.493 e. The lowest BCUT2D eigenvalue weighted by molar-refractivity contribution is -0.130. The molecule has 27 heavy (non-hydrogen) atoms. The van der Waals surface area contributed by atoms with Gasteiger partial charge in [-0.3, -0.25) is 9.59 Å². The molecule has 0 aliphatic carbocycles. The summed E-state index contributed by atoms with van der Waals surface area (Å²) in [6.45, 7) is -0.0355. The van der Waals surface area contributed by atoms with Crippen LogP contribution in [0.5, 0.6) is 11.5 Å². The van der Waals surface area contributed by atoms with Crippen molar-refractivity contribution in [2.24, 2.45) is 0 Å². The van der Waals surface area contributed by atoms with Crippen molar-refractivity contribution in [1.29, 1.82) is 0 Å². The Morgan fingerprint density at radius 2 is 1.81 bits per heavy atom. The Kier molecular flexibility index (Phi) is 6.70. The minimum Gasteiger partial charge on any atom is -0.493 e. The molecule has 2 rings (SSSR count). The molecule has 0 spiro atoms. The number of hydrogen-bond acceptors (Lipinski definition) is 4. The molecule has 0 aliphatic rings. The highest BCUT2D eigenvalue weighted by atomic mass is 19.1. The Balaban J connectivity index is 2.02. The lowest BCUT2D eigenvalue weighted by Crippen LogP contribution is -2.27. The predicted octanol–water partition coefficient (Wildman–Crippen LogP) is 2.37. The lowest BCUT2D eigenvalue weighted by Gasteiger charge is -2.14. The number of ether oxygens (including phenoxy) is 2. The molecule has 0 heterocycles. The van der Waals surface area contributed by atoms with Gasteiger partial charge in [-0.1, -0.05) is 6.07 Å². The van der Waals surface area contributed by atoms with E-state index in [9.17, 15) is 18.4 Å². The molecule has 0 aromatic heterocycles. The number of hydrogen-bond donors (Lipinski definition) is 1. The molecule has 2 amide bonds. The number of likely N-dealkylation sites (N-methyl/N-ethyl adjacent to an activating group) is 1. The first-order chi connectivity index (χ1) is 12.8. The van der Waals surface area contributed by atoms with Crippen LogP contribution >= 0.6 is 0 Å². The van der Waals surface area contributed by atoms with Crippen LogP contribution < -0.4 is 14.8 Å². The second-order valence-corrected chi connectivity index (χ2v) is 5.87. The van der Waals surface area contributed by atoms with Crippen molar-refractivity contribution in [2.75, 3.05) is 27.8 Å². The van der Waals surface area contributed by atoms with E-state index >= 15 is 0 Å². The predicted molar refractivity (Wildman–Crippen MR) is 94.7 cm³/mol. The Hall–Kier alpha value is -3.16. The Morgan fingerprint density at radius 3 is 2.44 bits per heavy atom. The third-order valence-corrected chi connectivity index (χ3v) is 3.71. The van der Waals surface area contributed by atoms with Crippen molar-refractivity contribution in [3.8, 4) is 11.5 Å². The van der Waals surface area contributed by atoms with Gasteiger partial charge in [0.2, 0.25) is 0 Å². The maximum Gasteiger partial charge on any atom is 0.259 e. The summed E-state index contributed by atoms with van der Waals surface area (Å²) in [6, 6.07) is 7.68. The summed E-state index contributed by atoms with van der Waals surface area (Å²) >= 11 is 0. The fourth-order valence-electron chi connectivity index (χ4n) is 2.16. The highest BCUT2D eigenvalue weighted by Gasteiger charge is 2.13. The standard InChI is InChI=1S/C19H20F2N2O4/c1-23(2)18(24)11-27-16-7-4-12(8-17(16)26-3)10-22-19(25)14-6-5-13(20)9-15(14)21/h4-9H,10-11H2,1-3H3,(H,22,25). The maximum atomic E-state index is 13.6. The Morgan fingerprint density at radius 1 is 1.07 bits per heavy atom. The lowest BCUT2D eigenvalue weighted by atomic mass is 10.1. The van der Waals surface area contributed by atoms with Crippen LogP contribution in [0.2, 0.25) is 0 Å². The maximum absolute atomic E-state index is 13.6. The summed E-state index contributed by atoms with van der Waals surface area (Å²) in [4.78, 5) is 25.1. The summed E-state index contributed by atoms with van der Waals surface area (Å²) in [5.74, 6) is -1.77. The molecular weight excluding hydrogens is 358 g/mol. The van der Waals surface area contributed by atoms with Gasteiger partial charge in [0, 0.05) is 26.7 Å². The minimum absolute atomic E-state index is 0.100. The van der Waals surface area contributed by atoms with E-state index in [1.54, 1.807) is 32.3 Å². The van der Waals surface area contributed by atoms with Gasteiger partial charge >= 0.3 is 0 Å². The summed E-state index contributed by atoms with van der Waals surface area (Å²) in [6.07, 6.45) is 0. The zero-order valence-corrected chi connectivity index (χ0v) is 15.2. The molecule has 0 aliphatic heterocycles. The monoisotopic (exact) mass is 378 g/mol. The first kappa shape index (κ1) is 20.2. The van der Waals surface area contributed by atoms with Gasteiger partial charge in [0.05, 0.1) is 12.7 Å². The van der Waals surface area contributed by atoms with E-state index in [1.165, 1.54) is 12.0 Å². The van der Waals surface area contributed by atoms with Gasteiger partial charge in [-0.15, -0.1) is 0 Å². The second-order valence-electron chi connectivity index (χ2n) is 5.87. The van der Waals surface area contributed by atoms with E-state index < -0.39 is 17.5 Å². The van der Waals surface area contributed by atoms with Crippen molar-refractivity contribution in [2.45, 2.75) is 6.54 Å². The molecule has 8 heteroatoms. The summed E-state index contributed by atoms with van der Waals surface area (Å²) in [7, 11) is 4.70. The van der Waals surface area contributed by atoms with E-state index in [1.807, 2.05) is 0 Å². The molecule has 0 fully saturated rings. The molecule has 0 saturated carbocycles. The molecule has 0 radical (unpaired) electrons. The van der Waals surface area contributed by atoms with Gasteiger partial charge in [-0.25, -0.2) is 8.78 Å². The summed E-state index contributed by atoms with van der Waals surface area (Å²) < 4.78 is 37.2. The first-order valence-electron chi connectivity index (χ1n) is 8.05. The molecule has 0 unspecified atom stereocenters. The van der Waals surface area contributed by atoms with E-state index in [4.69, 9.17) is 9.47 Å². The van der Waals surface area contributed by atoms with Crippen LogP contribution in [-0.4, -0.2) is 44.5 Å². The molecule has 0 atom stereocenters. The number of methoxy groups -OCH3 is 1. The van der Waals surface area contributed by atoms with Gasteiger partial charge in [0.1, 0.15) is 11.6 Å². The second kappa shape index (κ2) is 8.98. The van der Waals surface area contributed by atoms with E-state index in [2.05, 4.69) is 5.32 Å². The minimum atomic E-state index is -0.931. The average Bonchev–Trinajstić information content (AvgIpc) is 2.64. The fraction of sp³-hybridized carbons (Fsp3) is 0.263. The molecule has 2 aromatic carbocycles. The third-order valence-electron chi connectivity index (χ3n) is 3.71. The number of nitrogens with one attached hydrogen (secondary N) is 1. The van der Waals surface area contributed by atoms with Gasteiger partial charge < -0.3 is 19.7 Å². The number of nitrogens with zero attached hydrogens (tertiary/aromatic N) is 1. The molecule has 0 bridgehead atoms. The number of carbonyl (C=O) groups is 2. The van der Waals surface area contributed by atoms with Crippen molar-refractivity contribution in [1.82, 2.24) is 10.2 Å². The quantitative estimate of drug-likeness (QED) is 0.803. The van der Waals surface area contributed by atoms with Gasteiger partial charge in [0.15, 0.2) is 18.1 Å². The van der Waals surface area contributed by atoms with Crippen molar-refractivity contribution < 1.29 is 27.8 Å². The highest BCUT2D eigenvalue weighted by molar-refractivity contribution is 5.94.